The number of hydrogen-bond donors (Lipinski definition) is 1. The lowest BCUT2D eigenvalue weighted by Gasteiger charge is -2.21. The number of halogens is 1. The first-order valence-corrected chi connectivity index (χ1v) is 7.02. The third-order valence-electron chi connectivity index (χ3n) is 3.27. The van der Waals surface area contributed by atoms with E-state index in [0.29, 0.717) is 13.2 Å². The fraction of sp³-hybridized carbons (Fsp3) is 0.250. The number of benzene rings is 2. The molecule has 0 amide bonds. The molecule has 2 aromatic rings. The van der Waals surface area contributed by atoms with Gasteiger partial charge in [-0.2, -0.15) is 0 Å². The van der Waals surface area contributed by atoms with Gasteiger partial charge in [-0.1, -0.05) is 23.7 Å². The van der Waals surface area contributed by atoms with Crippen molar-refractivity contribution < 1.29 is 9.47 Å². The Morgan fingerprint density at radius 1 is 1.05 bits per heavy atom. The zero-order chi connectivity index (χ0) is 13.9. The van der Waals surface area contributed by atoms with E-state index in [0.717, 1.165) is 27.8 Å². The normalized spacial score (nSPS) is 14.7. The van der Waals surface area contributed by atoms with E-state index in [1.54, 1.807) is 0 Å². The maximum atomic E-state index is 5.99. The minimum absolute atomic E-state index is 0.157. The van der Waals surface area contributed by atoms with Crippen LogP contribution in [0.1, 0.15) is 18.5 Å². The maximum Gasteiger partial charge on any atom is 0.161 e. The van der Waals surface area contributed by atoms with Gasteiger partial charge in [0.2, 0.25) is 0 Å². The van der Waals surface area contributed by atoms with Crippen LogP contribution in [0, 0.1) is 0 Å². The molecular weight excluding hydrogens is 274 g/mol. The molecule has 1 aliphatic heterocycles. The molecule has 0 aromatic heterocycles. The Morgan fingerprint density at radius 3 is 2.65 bits per heavy atom. The Labute approximate surface area is 123 Å². The van der Waals surface area contributed by atoms with Crippen LogP contribution in [0.25, 0.3) is 0 Å². The largest absolute Gasteiger partial charge is 0.486 e. The SMILES string of the molecule is CC(Nc1cccc(Cl)c1)c1ccc2c(c1)OCCO2. The molecule has 0 saturated carbocycles. The van der Waals surface area contributed by atoms with Gasteiger partial charge in [0.05, 0.1) is 0 Å². The van der Waals surface area contributed by atoms with E-state index in [-0.39, 0.29) is 6.04 Å². The zero-order valence-electron chi connectivity index (χ0n) is 11.2. The highest BCUT2D eigenvalue weighted by Crippen LogP contribution is 2.33. The smallest absolute Gasteiger partial charge is 0.161 e. The van der Waals surface area contributed by atoms with Gasteiger partial charge >= 0.3 is 0 Å². The fourth-order valence-corrected chi connectivity index (χ4v) is 2.43. The van der Waals surface area contributed by atoms with Gasteiger partial charge in [-0.05, 0) is 42.8 Å². The predicted molar refractivity (Wildman–Crippen MR) is 80.9 cm³/mol. The van der Waals surface area contributed by atoms with Crippen LogP contribution in [0.3, 0.4) is 0 Å². The fourth-order valence-electron chi connectivity index (χ4n) is 2.24. The molecule has 4 heteroatoms. The lowest BCUT2D eigenvalue weighted by Crippen LogP contribution is -2.16. The van der Waals surface area contributed by atoms with E-state index in [1.165, 1.54) is 0 Å². The standard InChI is InChI=1S/C16H16ClNO2/c1-11(18-14-4-2-3-13(17)10-14)12-5-6-15-16(9-12)20-8-7-19-15/h2-6,9-11,18H,7-8H2,1H3. The average molecular weight is 290 g/mol. The summed E-state index contributed by atoms with van der Waals surface area (Å²) in [7, 11) is 0. The van der Waals surface area contributed by atoms with Crippen molar-refractivity contribution in [3.63, 3.8) is 0 Å². The van der Waals surface area contributed by atoms with Crippen molar-refractivity contribution in [3.8, 4) is 11.5 Å². The molecule has 1 aliphatic rings. The van der Waals surface area contributed by atoms with E-state index >= 15 is 0 Å². The van der Waals surface area contributed by atoms with Gasteiger partial charge in [-0.3, -0.25) is 0 Å². The zero-order valence-corrected chi connectivity index (χ0v) is 12.0. The number of ether oxygens (including phenoxy) is 2. The Kier molecular flexibility index (Phi) is 3.70. The van der Waals surface area contributed by atoms with Crippen LogP contribution in [-0.4, -0.2) is 13.2 Å². The molecule has 20 heavy (non-hydrogen) atoms. The number of nitrogens with one attached hydrogen (secondary N) is 1. The first kappa shape index (κ1) is 13.1. The van der Waals surface area contributed by atoms with E-state index in [1.807, 2.05) is 36.4 Å². The molecule has 0 radical (unpaired) electrons. The molecule has 2 aromatic carbocycles. The van der Waals surface area contributed by atoms with Crippen molar-refractivity contribution in [2.75, 3.05) is 18.5 Å². The van der Waals surface area contributed by atoms with Crippen molar-refractivity contribution in [1.82, 2.24) is 0 Å². The minimum atomic E-state index is 0.157. The van der Waals surface area contributed by atoms with Gasteiger partial charge in [0.15, 0.2) is 11.5 Å². The van der Waals surface area contributed by atoms with Crippen LogP contribution in [0.2, 0.25) is 5.02 Å². The van der Waals surface area contributed by atoms with E-state index in [2.05, 4.69) is 18.3 Å². The lowest BCUT2D eigenvalue weighted by atomic mass is 10.1. The maximum absolute atomic E-state index is 5.99. The highest BCUT2D eigenvalue weighted by Gasteiger charge is 2.14. The molecule has 0 saturated heterocycles. The van der Waals surface area contributed by atoms with Crippen LogP contribution in [-0.2, 0) is 0 Å². The third kappa shape index (κ3) is 2.83. The van der Waals surface area contributed by atoms with Crippen molar-refractivity contribution in [1.29, 1.82) is 0 Å². The Hall–Kier alpha value is -1.87. The monoisotopic (exact) mass is 289 g/mol. The van der Waals surface area contributed by atoms with Gasteiger partial charge < -0.3 is 14.8 Å². The second-order valence-corrected chi connectivity index (χ2v) is 5.22. The third-order valence-corrected chi connectivity index (χ3v) is 3.51. The van der Waals surface area contributed by atoms with Crippen LogP contribution in [0.5, 0.6) is 11.5 Å². The Balaban J connectivity index is 1.78. The van der Waals surface area contributed by atoms with Crippen molar-refractivity contribution in [3.05, 3.63) is 53.1 Å². The van der Waals surface area contributed by atoms with Crippen LogP contribution < -0.4 is 14.8 Å². The summed E-state index contributed by atoms with van der Waals surface area (Å²) in [6.45, 7) is 3.32. The van der Waals surface area contributed by atoms with Crippen LogP contribution >= 0.6 is 11.6 Å². The van der Waals surface area contributed by atoms with Crippen molar-refractivity contribution >= 4 is 17.3 Å². The van der Waals surface area contributed by atoms with Gasteiger partial charge in [-0.15, -0.1) is 0 Å². The molecule has 0 aliphatic carbocycles. The van der Waals surface area contributed by atoms with E-state index < -0.39 is 0 Å². The van der Waals surface area contributed by atoms with Gasteiger partial charge in [0.25, 0.3) is 0 Å². The van der Waals surface area contributed by atoms with E-state index in [4.69, 9.17) is 21.1 Å². The quantitative estimate of drug-likeness (QED) is 0.914. The van der Waals surface area contributed by atoms with Crippen molar-refractivity contribution in [2.24, 2.45) is 0 Å². The highest BCUT2D eigenvalue weighted by atomic mass is 35.5. The Bertz CT molecular complexity index is 615. The molecular formula is C16H16ClNO2. The molecule has 104 valence electrons. The molecule has 0 fully saturated rings. The lowest BCUT2D eigenvalue weighted by molar-refractivity contribution is 0.171. The Morgan fingerprint density at radius 2 is 1.85 bits per heavy atom. The first-order chi connectivity index (χ1) is 9.72. The summed E-state index contributed by atoms with van der Waals surface area (Å²) in [5.41, 5.74) is 2.15. The molecule has 0 bridgehead atoms. The summed E-state index contributed by atoms with van der Waals surface area (Å²) < 4.78 is 11.1. The molecule has 1 heterocycles. The molecule has 0 spiro atoms. The summed E-state index contributed by atoms with van der Waals surface area (Å²) >= 11 is 5.99. The number of anilines is 1. The van der Waals surface area contributed by atoms with Crippen LogP contribution in [0.15, 0.2) is 42.5 Å². The summed E-state index contributed by atoms with van der Waals surface area (Å²) in [6.07, 6.45) is 0. The van der Waals surface area contributed by atoms with Crippen molar-refractivity contribution in [2.45, 2.75) is 13.0 Å². The number of hydrogen-bond acceptors (Lipinski definition) is 3. The summed E-state index contributed by atoms with van der Waals surface area (Å²) in [4.78, 5) is 0. The van der Waals surface area contributed by atoms with E-state index in [9.17, 15) is 0 Å². The second kappa shape index (κ2) is 5.63. The van der Waals surface area contributed by atoms with Gasteiger partial charge in [0.1, 0.15) is 13.2 Å². The predicted octanol–water partition coefficient (Wildman–Crippen LogP) is 4.28. The highest BCUT2D eigenvalue weighted by molar-refractivity contribution is 6.30. The van der Waals surface area contributed by atoms with Gasteiger partial charge in [0, 0.05) is 16.8 Å². The average Bonchev–Trinajstić information content (AvgIpc) is 2.47. The summed E-state index contributed by atoms with van der Waals surface area (Å²) in [5.74, 6) is 1.63. The molecule has 3 rings (SSSR count). The second-order valence-electron chi connectivity index (χ2n) is 4.78. The molecule has 1 unspecified atom stereocenters. The van der Waals surface area contributed by atoms with Gasteiger partial charge in [-0.25, -0.2) is 0 Å². The molecule has 1 N–H and O–H groups in total. The number of rotatable bonds is 3. The van der Waals surface area contributed by atoms with Crippen LogP contribution in [0.4, 0.5) is 5.69 Å². The summed E-state index contributed by atoms with van der Waals surface area (Å²) in [5, 5.41) is 4.15. The molecule has 3 nitrogen and oxygen atoms in total. The molecule has 1 atom stereocenters. The topological polar surface area (TPSA) is 30.5 Å². The number of fused-ring (bicyclic) bond motifs is 1. The first-order valence-electron chi connectivity index (χ1n) is 6.64. The summed E-state index contributed by atoms with van der Waals surface area (Å²) in [6, 6.07) is 13.9. The minimum Gasteiger partial charge on any atom is -0.486 e.